The first-order chi connectivity index (χ1) is 14.5. The molecule has 1 saturated heterocycles. The molecule has 0 radical (unpaired) electrons. The van der Waals surface area contributed by atoms with Gasteiger partial charge in [0.25, 0.3) is 0 Å². The lowest BCUT2D eigenvalue weighted by Crippen LogP contribution is -2.19. The van der Waals surface area contributed by atoms with Crippen LogP contribution in [0.2, 0.25) is 10.0 Å². The summed E-state index contributed by atoms with van der Waals surface area (Å²) in [7, 11) is 0. The molecule has 4 rings (SSSR count). The fourth-order valence-corrected chi connectivity index (χ4v) is 4.23. The second-order valence-electron chi connectivity index (χ2n) is 7.49. The van der Waals surface area contributed by atoms with Gasteiger partial charge < -0.3 is 14.6 Å². The average molecular weight is 444 g/mol. The van der Waals surface area contributed by atoms with Crippen molar-refractivity contribution in [2.75, 3.05) is 23.3 Å². The van der Waals surface area contributed by atoms with Gasteiger partial charge >= 0.3 is 0 Å². The third kappa shape index (κ3) is 4.79. The number of nitrogens with one attached hydrogen (secondary N) is 1. The second kappa shape index (κ2) is 9.11. The van der Waals surface area contributed by atoms with Crippen molar-refractivity contribution in [3.8, 4) is 11.3 Å². The van der Waals surface area contributed by atoms with E-state index in [-0.39, 0.29) is 12.3 Å². The Morgan fingerprint density at radius 2 is 1.97 bits per heavy atom. The summed E-state index contributed by atoms with van der Waals surface area (Å²) < 4.78 is 5.76. The van der Waals surface area contributed by atoms with Crippen molar-refractivity contribution in [3.05, 3.63) is 64.1 Å². The Kier molecular flexibility index (Phi) is 6.30. The number of carbonyl (C=O) groups excluding carboxylic acids is 1. The van der Waals surface area contributed by atoms with Crippen LogP contribution >= 0.6 is 23.2 Å². The van der Waals surface area contributed by atoms with Crippen LogP contribution < -0.4 is 10.2 Å². The third-order valence-corrected chi connectivity index (χ3v) is 5.79. The highest BCUT2D eigenvalue weighted by molar-refractivity contribution is 6.36. The molecule has 2 aromatic carbocycles. The van der Waals surface area contributed by atoms with E-state index >= 15 is 0 Å². The average Bonchev–Trinajstić information content (AvgIpc) is 3.39. The lowest BCUT2D eigenvalue weighted by Gasteiger charge is -2.20. The van der Waals surface area contributed by atoms with Crippen molar-refractivity contribution in [2.24, 2.45) is 0 Å². The Balaban J connectivity index is 1.34. The fraction of sp³-hybridized carbons (Fsp3) is 0.304. The highest BCUT2D eigenvalue weighted by Gasteiger charge is 2.15. The van der Waals surface area contributed by atoms with E-state index in [4.69, 9.17) is 27.6 Å². The highest BCUT2D eigenvalue weighted by atomic mass is 35.5. The van der Waals surface area contributed by atoms with Gasteiger partial charge in [0.2, 0.25) is 5.91 Å². The summed E-state index contributed by atoms with van der Waals surface area (Å²) in [5.74, 6) is 0.972. The van der Waals surface area contributed by atoms with Gasteiger partial charge in [0.15, 0.2) is 11.7 Å². The van der Waals surface area contributed by atoms with Gasteiger partial charge in [0.1, 0.15) is 0 Å². The molecule has 1 aromatic heterocycles. The maximum atomic E-state index is 12.4. The monoisotopic (exact) mass is 443 g/mol. The van der Waals surface area contributed by atoms with E-state index in [1.807, 2.05) is 12.1 Å². The van der Waals surface area contributed by atoms with E-state index in [2.05, 4.69) is 28.2 Å². The summed E-state index contributed by atoms with van der Waals surface area (Å²) in [6.45, 7) is 4.29. The van der Waals surface area contributed by atoms with E-state index in [1.54, 1.807) is 24.4 Å². The first-order valence-electron chi connectivity index (χ1n) is 10.1. The molecule has 1 N–H and O–H groups in total. The van der Waals surface area contributed by atoms with E-state index in [0.717, 1.165) is 24.3 Å². The summed E-state index contributed by atoms with van der Waals surface area (Å²) >= 11 is 12.2. The molecule has 3 aromatic rings. The van der Waals surface area contributed by atoms with Crippen LogP contribution in [0.3, 0.4) is 0 Å². The lowest BCUT2D eigenvalue weighted by atomic mass is 10.1. The number of oxazole rings is 1. The highest BCUT2D eigenvalue weighted by Crippen LogP contribution is 2.31. The second-order valence-corrected chi connectivity index (χ2v) is 8.33. The minimum absolute atomic E-state index is 0.0763. The van der Waals surface area contributed by atoms with Gasteiger partial charge in [-0.1, -0.05) is 23.2 Å². The molecule has 1 aliphatic heterocycles. The minimum Gasteiger partial charge on any atom is -0.441 e. The molecular weight excluding hydrogens is 421 g/mol. The van der Waals surface area contributed by atoms with Crippen LogP contribution in [0.4, 0.5) is 11.4 Å². The zero-order valence-corrected chi connectivity index (χ0v) is 18.3. The standard InChI is InChI=1S/C23H23Cl2N3O2/c1-15-12-17(5-7-20(15)28-10-2-3-11-28)27-22(29)8-9-23-26-14-21(30-23)18-6-4-16(24)13-19(18)25/h4-7,12-14H,2-3,8-11H2,1H3,(H,27,29). The largest absolute Gasteiger partial charge is 0.441 e. The summed E-state index contributed by atoms with van der Waals surface area (Å²) in [6, 6.07) is 11.3. The number of nitrogens with zero attached hydrogens (tertiary/aromatic N) is 2. The van der Waals surface area contributed by atoms with Gasteiger partial charge in [-0.3, -0.25) is 4.79 Å². The quantitative estimate of drug-likeness (QED) is 0.497. The Morgan fingerprint density at radius 1 is 1.17 bits per heavy atom. The number of rotatable bonds is 6. The van der Waals surface area contributed by atoms with Crippen molar-refractivity contribution in [1.82, 2.24) is 4.98 Å². The minimum atomic E-state index is -0.0763. The summed E-state index contributed by atoms with van der Waals surface area (Å²) in [4.78, 5) is 19.0. The Labute approximate surface area is 186 Å². The van der Waals surface area contributed by atoms with Gasteiger partial charge in [-0.25, -0.2) is 4.98 Å². The summed E-state index contributed by atoms with van der Waals surface area (Å²) in [5.41, 5.74) is 3.95. The van der Waals surface area contributed by atoms with Gasteiger partial charge in [0.05, 0.1) is 11.2 Å². The molecule has 1 fully saturated rings. The SMILES string of the molecule is Cc1cc(NC(=O)CCc2ncc(-c3ccc(Cl)cc3Cl)o2)ccc1N1CCCC1. The van der Waals surface area contributed by atoms with Crippen LogP contribution in [0.15, 0.2) is 47.0 Å². The molecule has 7 heteroatoms. The molecule has 0 atom stereocenters. The predicted octanol–water partition coefficient (Wildman–Crippen LogP) is 6.13. The molecule has 0 bridgehead atoms. The van der Waals surface area contributed by atoms with E-state index < -0.39 is 0 Å². The molecule has 0 spiro atoms. The molecule has 0 unspecified atom stereocenters. The topological polar surface area (TPSA) is 58.4 Å². The van der Waals surface area contributed by atoms with Crippen LogP contribution in [0.1, 0.15) is 30.7 Å². The smallest absolute Gasteiger partial charge is 0.224 e. The van der Waals surface area contributed by atoms with Gasteiger partial charge in [0, 0.05) is 47.9 Å². The zero-order chi connectivity index (χ0) is 21.1. The number of benzene rings is 2. The molecule has 2 heterocycles. The molecule has 1 amide bonds. The maximum Gasteiger partial charge on any atom is 0.224 e. The number of carbonyl (C=O) groups is 1. The lowest BCUT2D eigenvalue weighted by molar-refractivity contribution is -0.116. The van der Waals surface area contributed by atoms with Crippen LogP contribution in [0.5, 0.6) is 0 Å². The van der Waals surface area contributed by atoms with Gasteiger partial charge in [-0.05, 0) is 61.7 Å². The van der Waals surface area contributed by atoms with Crippen molar-refractivity contribution in [3.63, 3.8) is 0 Å². The molecule has 30 heavy (non-hydrogen) atoms. The van der Waals surface area contributed by atoms with Gasteiger partial charge in [-0.15, -0.1) is 0 Å². The van der Waals surface area contributed by atoms with Crippen LogP contribution in [-0.2, 0) is 11.2 Å². The first-order valence-corrected chi connectivity index (χ1v) is 10.8. The van der Waals surface area contributed by atoms with Crippen molar-refractivity contribution >= 4 is 40.5 Å². The molecule has 5 nitrogen and oxygen atoms in total. The van der Waals surface area contributed by atoms with Crippen LogP contribution in [-0.4, -0.2) is 24.0 Å². The molecular formula is C23H23Cl2N3O2. The van der Waals surface area contributed by atoms with Crippen molar-refractivity contribution in [2.45, 2.75) is 32.6 Å². The normalized spacial score (nSPS) is 13.6. The van der Waals surface area contributed by atoms with E-state index in [9.17, 15) is 4.79 Å². The number of anilines is 2. The van der Waals surface area contributed by atoms with Crippen LogP contribution in [0, 0.1) is 6.92 Å². The first kappa shape index (κ1) is 20.8. The van der Waals surface area contributed by atoms with E-state index in [1.165, 1.54) is 24.1 Å². The molecule has 0 saturated carbocycles. The van der Waals surface area contributed by atoms with Crippen molar-refractivity contribution in [1.29, 1.82) is 0 Å². The fourth-order valence-electron chi connectivity index (χ4n) is 3.73. The number of hydrogen-bond acceptors (Lipinski definition) is 4. The van der Waals surface area contributed by atoms with Crippen LogP contribution in [0.25, 0.3) is 11.3 Å². The predicted molar refractivity (Wildman–Crippen MR) is 122 cm³/mol. The Bertz CT molecular complexity index is 1060. The third-order valence-electron chi connectivity index (χ3n) is 5.24. The number of hydrogen-bond donors (Lipinski definition) is 1. The molecule has 156 valence electrons. The molecule has 1 aliphatic rings. The van der Waals surface area contributed by atoms with Gasteiger partial charge in [-0.2, -0.15) is 0 Å². The zero-order valence-electron chi connectivity index (χ0n) is 16.8. The number of aryl methyl sites for hydroxylation is 2. The number of amides is 1. The van der Waals surface area contributed by atoms with E-state index in [0.29, 0.717) is 28.1 Å². The summed E-state index contributed by atoms with van der Waals surface area (Å²) in [5, 5.41) is 4.02. The Morgan fingerprint density at radius 3 is 2.70 bits per heavy atom. The summed E-state index contributed by atoms with van der Waals surface area (Å²) in [6.07, 6.45) is 4.78. The number of aromatic nitrogens is 1. The Hall–Kier alpha value is -2.50. The number of halogens is 2. The van der Waals surface area contributed by atoms with Crippen molar-refractivity contribution < 1.29 is 9.21 Å². The maximum absolute atomic E-state index is 12.4. The molecule has 0 aliphatic carbocycles.